The zero-order valence-corrected chi connectivity index (χ0v) is 15.6. The molecule has 0 heterocycles. The molecule has 0 atom stereocenters. The molecule has 0 aliphatic carbocycles. The predicted octanol–water partition coefficient (Wildman–Crippen LogP) is 2.74. The number of benzene rings is 2. The summed E-state index contributed by atoms with van der Waals surface area (Å²) in [4.78, 5) is 34.2. The fraction of sp³-hybridized carbons (Fsp3) is 0.111. The molecule has 0 unspecified atom stereocenters. The second kappa shape index (κ2) is 9.38. The Kier molecular flexibility index (Phi) is 6.94. The van der Waals surface area contributed by atoms with Crippen LogP contribution in [-0.4, -0.2) is 31.0 Å². The van der Waals surface area contributed by atoms with Crippen LogP contribution in [0.2, 0.25) is 5.02 Å². The number of amides is 2. The summed E-state index contributed by atoms with van der Waals surface area (Å²) in [7, 11) is 2.91. The van der Waals surface area contributed by atoms with Crippen molar-refractivity contribution in [2.75, 3.05) is 14.2 Å². The summed E-state index contributed by atoms with van der Waals surface area (Å²) in [5, 5.41) is 10.9. The topological polar surface area (TPSA) is 120 Å². The Morgan fingerprint density at radius 2 is 1.79 bits per heavy atom. The Bertz CT molecular complexity index is 945. The average Bonchev–Trinajstić information content (AvgIpc) is 2.70. The second-order valence-electron chi connectivity index (χ2n) is 5.31. The van der Waals surface area contributed by atoms with Crippen molar-refractivity contribution in [2.24, 2.45) is 0 Å². The maximum atomic E-state index is 12.1. The lowest BCUT2D eigenvalue weighted by atomic mass is 10.2. The Hall–Kier alpha value is -3.59. The van der Waals surface area contributed by atoms with Gasteiger partial charge < -0.3 is 9.47 Å². The van der Waals surface area contributed by atoms with Crippen LogP contribution >= 0.6 is 11.6 Å². The van der Waals surface area contributed by atoms with E-state index in [1.54, 1.807) is 6.07 Å². The summed E-state index contributed by atoms with van der Waals surface area (Å²) in [5.41, 5.74) is 4.83. The van der Waals surface area contributed by atoms with Gasteiger partial charge in [-0.25, -0.2) is 0 Å². The number of nitro groups is 1. The smallest absolute Gasteiger partial charge is 0.288 e. The van der Waals surface area contributed by atoms with Crippen LogP contribution in [0.4, 0.5) is 5.69 Å². The number of hydrogen-bond acceptors (Lipinski definition) is 6. The first-order valence-electron chi connectivity index (χ1n) is 7.80. The maximum absolute atomic E-state index is 12.1. The first kappa shape index (κ1) is 20.7. The number of rotatable bonds is 6. The minimum Gasteiger partial charge on any atom is -0.493 e. The summed E-state index contributed by atoms with van der Waals surface area (Å²) in [5.74, 6) is -0.370. The molecular weight excluding hydrogens is 390 g/mol. The van der Waals surface area contributed by atoms with E-state index in [0.29, 0.717) is 17.1 Å². The molecule has 0 saturated carbocycles. The normalized spacial score (nSPS) is 10.4. The van der Waals surface area contributed by atoms with Gasteiger partial charge in [-0.05, 0) is 35.9 Å². The zero-order chi connectivity index (χ0) is 20.7. The molecule has 2 amide bonds. The fourth-order valence-corrected chi connectivity index (χ4v) is 2.34. The molecule has 2 aromatic carbocycles. The van der Waals surface area contributed by atoms with E-state index < -0.39 is 16.7 Å². The van der Waals surface area contributed by atoms with Gasteiger partial charge in [0.1, 0.15) is 5.02 Å². The Morgan fingerprint density at radius 3 is 2.43 bits per heavy atom. The third-order valence-electron chi connectivity index (χ3n) is 3.54. The van der Waals surface area contributed by atoms with Crippen molar-refractivity contribution in [1.29, 1.82) is 0 Å². The molecule has 0 aliphatic rings. The van der Waals surface area contributed by atoms with Gasteiger partial charge in [0.05, 0.1) is 19.1 Å². The maximum Gasteiger partial charge on any atom is 0.288 e. The van der Waals surface area contributed by atoms with Gasteiger partial charge >= 0.3 is 0 Å². The van der Waals surface area contributed by atoms with Gasteiger partial charge in [0.15, 0.2) is 11.5 Å². The Balaban J connectivity index is 1.98. The number of halogens is 1. The van der Waals surface area contributed by atoms with Gasteiger partial charge in [-0.1, -0.05) is 17.7 Å². The standard InChI is InChI=1S/C18H16ClN3O6/c1-27-15-7-5-12(10-16(15)28-2)18(24)21-20-17(23)8-4-11-3-6-13(19)14(9-11)22(25)26/h3-10H,1-2H3,(H,20,23)(H,21,24)/b8-4+. The number of nitrogens with zero attached hydrogens (tertiary/aromatic N) is 1. The lowest BCUT2D eigenvalue weighted by Gasteiger charge is -2.10. The first-order valence-corrected chi connectivity index (χ1v) is 8.18. The van der Waals surface area contributed by atoms with Gasteiger partial charge in [0.25, 0.3) is 17.5 Å². The zero-order valence-electron chi connectivity index (χ0n) is 14.9. The minimum absolute atomic E-state index is 0.00575. The second-order valence-corrected chi connectivity index (χ2v) is 5.72. The van der Waals surface area contributed by atoms with Crippen LogP contribution < -0.4 is 20.3 Å². The van der Waals surface area contributed by atoms with E-state index in [0.717, 1.165) is 6.08 Å². The number of nitro benzene ring substituents is 1. The van der Waals surface area contributed by atoms with Gasteiger partial charge in [-0.3, -0.25) is 30.6 Å². The van der Waals surface area contributed by atoms with Crippen LogP contribution in [0, 0.1) is 10.1 Å². The van der Waals surface area contributed by atoms with Crippen LogP contribution in [0.5, 0.6) is 11.5 Å². The molecule has 2 rings (SSSR count). The monoisotopic (exact) mass is 405 g/mol. The van der Waals surface area contributed by atoms with Crippen molar-refractivity contribution in [3.8, 4) is 11.5 Å². The van der Waals surface area contributed by atoms with Crippen molar-refractivity contribution in [3.63, 3.8) is 0 Å². The molecule has 0 fully saturated rings. The van der Waals surface area contributed by atoms with Crippen LogP contribution in [0.1, 0.15) is 15.9 Å². The van der Waals surface area contributed by atoms with E-state index in [1.807, 2.05) is 0 Å². The molecule has 0 radical (unpaired) electrons. The summed E-state index contributed by atoms with van der Waals surface area (Å²) >= 11 is 5.73. The molecule has 2 aromatic rings. The number of hydrogen-bond donors (Lipinski definition) is 2. The van der Waals surface area contributed by atoms with Gasteiger partial charge in [-0.15, -0.1) is 0 Å². The molecule has 10 heteroatoms. The highest BCUT2D eigenvalue weighted by atomic mass is 35.5. The Morgan fingerprint density at radius 1 is 1.07 bits per heavy atom. The summed E-state index contributed by atoms with van der Waals surface area (Å²) in [6.45, 7) is 0. The van der Waals surface area contributed by atoms with E-state index in [1.165, 1.54) is 50.6 Å². The quantitative estimate of drug-likeness (QED) is 0.433. The van der Waals surface area contributed by atoms with Crippen molar-refractivity contribution in [2.45, 2.75) is 0 Å². The molecule has 2 N–H and O–H groups in total. The van der Waals surface area contributed by atoms with Gasteiger partial charge in [-0.2, -0.15) is 0 Å². The number of carbonyl (C=O) groups excluding carboxylic acids is 2. The highest BCUT2D eigenvalue weighted by molar-refractivity contribution is 6.32. The molecular formula is C18H16ClN3O6. The largest absolute Gasteiger partial charge is 0.493 e. The number of methoxy groups -OCH3 is 2. The average molecular weight is 406 g/mol. The van der Waals surface area contributed by atoms with Crippen LogP contribution in [0.25, 0.3) is 6.08 Å². The van der Waals surface area contributed by atoms with E-state index in [2.05, 4.69) is 10.9 Å². The van der Waals surface area contributed by atoms with E-state index in [-0.39, 0.29) is 16.3 Å². The first-order chi connectivity index (χ1) is 13.3. The summed E-state index contributed by atoms with van der Waals surface area (Å²) in [6, 6.07) is 8.63. The third kappa shape index (κ3) is 5.21. The van der Waals surface area contributed by atoms with Crippen molar-refractivity contribution >= 4 is 35.2 Å². The molecule has 28 heavy (non-hydrogen) atoms. The fourth-order valence-electron chi connectivity index (χ4n) is 2.15. The highest BCUT2D eigenvalue weighted by Crippen LogP contribution is 2.27. The van der Waals surface area contributed by atoms with Gasteiger partial charge in [0, 0.05) is 17.7 Å². The molecule has 9 nitrogen and oxygen atoms in total. The lowest BCUT2D eigenvalue weighted by molar-refractivity contribution is -0.384. The minimum atomic E-state index is -0.633. The predicted molar refractivity (Wildman–Crippen MR) is 102 cm³/mol. The van der Waals surface area contributed by atoms with E-state index in [4.69, 9.17) is 21.1 Å². The van der Waals surface area contributed by atoms with Crippen molar-refractivity contribution < 1.29 is 24.0 Å². The summed E-state index contributed by atoms with van der Waals surface area (Å²) < 4.78 is 10.2. The van der Waals surface area contributed by atoms with Crippen molar-refractivity contribution in [1.82, 2.24) is 10.9 Å². The van der Waals surface area contributed by atoms with Gasteiger partial charge in [0.2, 0.25) is 0 Å². The van der Waals surface area contributed by atoms with Crippen LogP contribution in [-0.2, 0) is 4.79 Å². The third-order valence-corrected chi connectivity index (χ3v) is 3.86. The van der Waals surface area contributed by atoms with E-state index in [9.17, 15) is 19.7 Å². The highest BCUT2D eigenvalue weighted by Gasteiger charge is 2.13. The van der Waals surface area contributed by atoms with Crippen LogP contribution in [0.15, 0.2) is 42.5 Å². The molecule has 0 saturated heterocycles. The van der Waals surface area contributed by atoms with E-state index >= 15 is 0 Å². The lowest BCUT2D eigenvalue weighted by Crippen LogP contribution is -2.40. The molecule has 0 bridgehead atoms. The number of carbonyl (C=O) groups is 2. The number of nitrogens with one attached hydrogen (secondary N) is 2. The Labute approximate surface area is 165 Å². The van der Waals surface area contributed by atoms with Crippen molar-refractivity contribution in [3.05, 3.63) is 68.7 Å². The molecule has 0 aliphatic heterocycles. The molecule has 146 valence electrons. The molecule has 0 spiro atoms. The van der Waals surface area contributed by atoms with Crippen LogP contribution in [0.3, 0.4) is 0 Å². The molecule has 0 aromatic heterocycles. The number of ether oxygens (including phenoxy) is 2. The number of hydrazine groups is 1. The SMILES string of the molecule is COc1ccc(C(=O)NNC(=O)/C=C/c2ccc(Cl)c([N+](=O)[O-])c2)cc1OC. The summed E-state index contributed by atoms with van der Waals surface area (Å²) in [6.07, 6.45) is 2.46.